The number of rotatable bonds is 7. The third-order valence-electron chi connectivity index (χ3n) is 5.45. The van der Waals surface area contributed by atoms with Crippen LogP contribution in [0.15, 0.2) is 41.3 Å². The Morgan fingerprint density at radius 3 is 2.42 bits per heavy atom. The predicted octanol–water partition coefficient (Wildman–Crippen LogP) is 5.40. The third kappa shape index (κ3) is 6.53. The Morgan fingerprint density at radius 2 is 1.76 bits per heavy atom. The molecule has 0 spiro atoms. The number of nitrogens with one attached hydrogen (secondary N) is 1. The zero-order chi connectivity index (χ0) is 24.2. The van der Waals surface area contributed by atoms with E-state index in [9.17, 15) is 18.0 Å². The minimum Gasteiger partial charge on any atom is -0.452 e. The van der Waals surface area contributed by atoms with Crippen LogP contribution in [0.3, 0.4) is 0 Å². The second-order valence-corrected chi connectivity index (χ2v) is 10.7. The van der Waals surface area contributed by atoms with Crippen LogP contribution >= 0.6 is 34.8 Å². The third-order valence-corrected chi connectivity index (χ3v) is 7.84. The molecule has 7 nitrogen and oxygen atoms in total. The van der Waals surface area contributed by atoms with Gasteiger partial charge in [0.1, 0.15) is 4.90 Å². The summed E-state index contributed by atoms with van der Waals surface area (Å²) in [4.78, 5) is 26.3. The van der Waals surface area contributed by atoms with E-state index in [-0.39, 0.29) is 38.1 Å². The Morgan fingerprint density at radius 1 is 1.06 bits per heavy atom. The number of carbonyl (C=O) groups is 2. The van der Waals surface area contributed by atoms with E-state index in [1.807, 2.05) is 0 Å². The summed E-state index contributed by atoms with van der Waals surface area (Å²) in [6.45, 7) is -0.479. The molecule has 0 bridgehead atoms. The second-order valence-electron chi connectivity index (χ2n) is 7.75. The Hall–Kier alpha value is -2.00. The molecule has 2 aromatic carbocycles. The fraction of sp³-hybridized carbons (Fsp3) is 0.364. The maximum absolute atomic E-state index is 12.9. The number of amides is 1. The van der Waals surface area contributed by atoms with Gasteiger partial charge in [-0.15, -0.1) is 0 Å². The minimum absolute atomic E-state index is 0.0974. The van der Waals surface area contributed by atoms with Crippen molar-refractivity contribution in [1.29, 1.82) is 0 Å². The molecular weight excluding hydrogens is 511 g/mol. The Labute approximate surface area is 208 Å². The van der Waals surface area contributed by atoms with Crippen molar-refractivity contribution in [1.82, 2.24) is 4.90 Å². The number of nitrogens with zero attached hydrogens (tertiary/aromatic N) is 1. The average molecular weight is 534 g/mol. The molecule has 1 fully saturated rings. The highest BCUT2D eigenvalue weighted by atomic mass is 35.5. The number of esters is 1. The van der Waals surface area contributed by atoms with Crippen molar-refractivity contribution in [2.24, 2.45) is 0 Å². The van der Waals surface area contributed by atoms with E-state index in [2.05, 4.69) is 4.72 Å². The summed E-state index contributed by atoms with van der Waals surface area (Å²) in [5.74, 6) is -1.27. The summed E-state index contributed by atoms with van der Waals surface area (Å²) in [6.07, 6.45) is 5.10. The van der Waals surface area contributed by atoms with Crippen molar-refractivity contribution in [3.05, 3.63) is 57.0 Å². The first kappa shape index (κ1) is 25.6. The van der Waals surface area contributed by atoms with Gasteiger partial charge in [0.2, 0.25) is 0 Å². The molecule has 11 heteroatoms. The number of hydrogen-bond acceptors (Lipinski definition) is 5. The minimum atomic E-state index is -4.17. The van der Waals surface area contributed by atoms with Crippen LogP contribution in [0.25, 0.3) is 0 Å². The number of halogens is 3. The quantitative estimate of drug-likeness (QED) is 0.481. The van der Waals surface area contributed by atoms with Gasteiger partial charge in [-0.2, -0.15) is 0 Å². The van der Waals surface area contributed by atoms with Crippen molar-refractivity contribution >= 4 is 62.4 Å². The van der Waals surface area contributed by atoms with Crippen molar-refractivity contribution in [2.45, 2.75) is 43.0 Å². The van der Waals surface area contributed by atoms with Crippen molar-refractivity contribution in [3.63, 3.8) is 0 Å². The van der Waals surface area contributed by atoms with Gasteiger partial charge in [0.15, 0.2) is 6.61 Å². The largest absolute Gasteiger partial charge is 0.452 e. The molecule has 0 atom stereocenters. The molecule has 2 aromatic rings. The molecule has 33 heavy (non-hydrogen) atoms. The number of anilines is 1. The topological polar surface area (TPSA) is 92.8 Å². The van der Waals surface area contributed by atoms with Crippen LogP contribution in [0.2, 0.25) is 15.1 Å². The van der Waals surface area contributed by atoms with Crippen LogP contribution < -0.4 is 4.72 Å². The highest BCUT2D eigenvalue weighted by molar-refractivity contribution is 7.92. The molecule has 1 aliphatic rings. The molecule has 0 unspecified atom stereocenters. The fourth-order valence-corrected chi connectivity index (χ4v) is 5.72. The number of hydrogen-bond donors (Lipinski definition) is 1. The summed E-state index contributed by atoms with van der Waals surface area (Å²) >= 11 is 18.1. The SMILES string of the molecule is CN(C(=O)COC(=O)c1cc(S(=O)(=O)Nc2cccc(Cl)c2)c(Cl)cc1Cl)C1CCCCC1. The van der Waals surface area contributed by atoms with Crippen LogP contribution in [0.4, 0.5) is 5.69 Å². The summed E-state index contributed by atoms with van der Waals surface area (Å²) in [6, 6.07) is 8.39. The molecule has 1 amide bonds. The van der Waals surface area contributed by atoms with Crippen LogP contribution in [0, 0.1) is 0 Å². The normalized spacial score (nSPS) is 14.5. The summed E-state index contributed by atoms with van der Waals surface area (Å²) in [5, 5.41) is 0.0588. The van der Waals surface area contributed by atoms with Gasteiger partial charge in [-0.05, 0) is 43.2 Å². The van der Waals surface area contributed by atoms with Gasteiger partial charge >= 0.3 is 5.97 Å². The Bertz CT molecular complexity index is 1150. The van der Waals surface area contributed by atoms with E-state index < -0.39 is 22.6 Å². The number of benzene rings is 2. The van der Waals surface area contributed by atoms with E-state index >= 15 is 0 Å². The van der Waals surface area contributed by atoms with Gasteiger partial charge in [-0.3, -0.25) is 9.52 Å². The second kappa shape index (κ2) is 11.0. The number of ether oxygens (including phenoxy) is 1. The van der Waals surface area contributed by atoms with E-state index in [1.165, 1.54) is 12.1 Å². The highest BCUT2D eigenvalue weighted by Gasteiger charge is 2.26. The Balaban J connectivity index is 1.74. The van der Waals surface area contributed by atoms with Gasteiger partial charge < -0.3 is 9.64 Å². The summed E-state index contributed by atoms with van der Waals surface area (Å²) < 4.78 is 33.2. The first-order valence-corrected chi connectivity index (χ1v) is 12.9. The predicted molar refractivity (Wildman–Crippen MR) is 129 cm³/mol. The average Bonchev–Trinajstić information content (AvgIpc) is 2.76. The number of sulfonamides is 1. The maximum atomic E-state index is 12.9. The lowest BCUT2D eigenvalue weighted by Crippen LogP contribution is -2.40. The van der Waals surface area contributed by atoms with Crippen LogP contribution in [0.5, 0.6) is 0 Å². The fourth-order valence-electron chi connectivity index (χ4n) is 3.63. The van der Waals surface area contributed by atoms with Crippen molar-refractivity contribution in [2.75, 3.05) is 18.4 Å². The lowest BCUT2D eigenvalue weighted by atomic mass is 9.94. The number of likely N-dealkylation sites (N-methyl/N-ethyl adjacent to an activating group) is 1. The van der Waals surface area contributed by atoms with E-state index in [1.54, 1.807) is 24.1 Å². The van der Waals surface area contributed by atoms with Gasteiger partial charge in [0.05, 0.1) is 21.3 Å². The molecule has 0 radical (unpaired) electrons. The lowest BCUT2D eigenvalue weighted by Gasteiger charge is -2.31. The van der Waals surface area contributed by atoms with E-state index in [4.69, 9.17) is 39.5 Å². The van der Waals surface area contributed by atoms with E-state index in [0.717, 1.165) is 44.2 Å². The first-order chi connectivity index (χ1) is 15.6. The molecule has 1 aliphatic carbocycles. The van der Waals surface area contributed by atoms with Crippen LogP contribution in [0.1, 0.15) is 42.5 Å². The number of carbonyl (C=O) groups excluding carboxylic acids is 2. The zero-order valence-electron chi connectivity index (χ0n) is 17.8. The van der Waals surface area contributed by atoms with Gasteiger partial charge in [-0.1, -0.05) is 60.1 Å². The molecule has 3 rings (SSSR count). The Kier molecular flexibility index (Phi) is 8.50. The van der Waals surface area contributed by atoms with Crippen LogP contribution in [-0.4, -0.2) is 44.9 Å². The molecule has 0 heterocycles. The molecular formula is C22H23Cl3N2O5S. The van der Waals surface area contributed by atoms with Crippen LogP contribution in [-0.2, 0) is 19.6 Å². The molecule has 0 aromatic heterocycles. The summed E-state index contributed by atoms with van der Waals surface area (Å²) in [5.41, 5.74) is -0.00496. The van der Waals surface area contributed by atoms with E-state index in [0.29, 0.717) is 5.02 Å². The smallest absolute Gasteiger partial charge is 0.340 e. The lowest BCUT2D eigenvalue weighted by molar-refractivity contribution is -0.135. The maximum Gasteiger partial charge on any atom is 0.340 e. The van der Waals surface area contributed by atoms with Gasteiger partial charge in [-0.25, -0.2) is 13.2 Å². The highest BCUT2D eigenvalue weighted by Crippen LogP contribution is 2.31. The van der Waals surface area contributed by atoms with Crippen molar-refractivity contribution in [3.8, 4) is 0 Å². The molecule has 1 saturated carbocycles. The van der Waals surface area contributed by atoms with Crippen molar-refractivity contribution < 1.29 is 22.7 Å². The standard InChI is InChI=1S/C22H23Cl3N2O5S/c1-27(16-8-3-2-4-9-16)21(28)13-32-22(29)17-11-20(19(25)12-18(17)24)33(30,31)26-15-7-5-6-14(23)10-15/h5-7,10-12,16,26H,2-4,8-9,13H2,1H3. The molecule has 0 aliphatic heterocycles. The molecule has 1 N–H and O–H groups in total. The van der Waals surface area contributed by atoms with Gasteiger partial charge in [0, 0.05) is 18.1 Å². The molecule has 178 valence electrons. The summed E-state index contributed by atoms with van der Waals surface area (Å²) in [7, 11) is -2.49. The van der Waals surface area contributed by atoms with Gasteiger partial charge in [0.25, 0.3) is 15.9 Å². The molecule has 0 saturated heterocycles. The monoisotopic (exact) mass is 532 g/mol. The first-order valence-electron chi connectivity index (χ1n) is 10.3. The zero-order valence-corrected chi connectivity index (χ0v) is 20.9.